The van der Waals surface area contributed by atoms with Crippen molar-refractivity contribution in [3.8, 4) is 27.9 Å². The number of carbonyl (C=O) groups is 1. The Morgan fingerprint density at radius 1 is 1.00 bits per heavy atom. The summed E-state index contributed by atoms with van der Waals surface area (Å²) in [4.78, 5) is 18.0. The molecular weight excluding hydrogens is 526 g/mol. The number of benzene rings is 2. The number of ether oxygens (including phenoxy) is 2. The van der Waals surface area contributed by atoms with Crippen LogP contribution in [-0.4, -0.2) is 53.3 Å². The van der Waals surface area contributed by atoms with Gasteiger partial charge in [0.1, 0.15) is 5.82 Å². The second-order valence-electron chi connectivity index (χ2n) is 9.11. The van der Waals surface area contributed by atoms with Crippen LogP contribution in [0.1, 0.15) is 35.3 Å². The number of rotatable bonds is 6. The van der Waals surface area contributed by atoms with Crippen LogP contribution in [0.2, 0.25) is 0 Å². The summed E-state index contributed by atoms with van der Waals surface area (Å²) < 4.78 is 39.8. The predicted molar refractivity (Wildman–Crippen MR) is 143 cm³/mol. The Kier molecular flexibility index (Phi) is 6.38. The van der Waals surface area contributed by atoms with E-state index in [9.17, 15) is 13.2 Å². The summed E-state index contributed by atoms with van der Waals surface area (Å²) in [6.07, 6.45) is 2.77. The zero-order valence-corrected chi connectivity index (χ0v) is 22.2. The molecule has 1 saturated heterocycles. The predicted octanol–water partition coefficient (Wildman–Crippen LogP) is 4.46. The van der Waals surface area contributed by atoms with Gasteiger partial charge in [0.05, 0.1) is 16.3 Å². The summed E-state index contributed by atoms with van der Waals surface area (Å²) in [5, 5.41) is 9.89. The first-order valence-corrected chi connectivity index (χ1v) is 14.5. The number of thiazole rings is 1. The smallest absolute Gasteiger partial charge is 0.256 e. The van der Waals surface area contributed by atoms with E-state index < -0.39 is 10.0 Å². The molecule has 0 aliphatic carbocycles. The lowest BCUT2D eigenvalue weighted by Gasteiger charge is -2.25. The lowest BCUT2D eigenvalue weighted by Crippen LogP contribution is -2.35. The second kappa shape index (κ2) is 9.86. The van der Waals surface area contributed by atoms with Crippen LogP contribution < -0.4 is 14.8 Å². The van der Waals surface area contributed by atoms with E-state index in [0.29, 0.717) is 46.8 Å². The quantitative estimate of drug-likeness (QED) is 0.376. The maximum atomic E-state index is 13.0. The van der Waals surface area contributed by atoms with Gasteiger partial charge in [0.15, 0.2) is 11.5 Å². The normalized spacial score (nSPS) is 15.5. The van der Waals surface area contributed by atoms with Crippen molar-refractivity contribution < 1.29 is 22.7 Å². The summed E-state index contributed by atoms with van der Waals surface area (Å²) >= 11 is 1.39. The van der Waals surface area contributed by atoms with E-state index >= 15 is 0 Å². The number of amides is 1. The minimum Gasteiger partial charge on any atom is -0.454 e. The Balaban J connectivity index is 1.20. The number of nitrogens with one attached hydrogen (secondary N) is 1. The maximum absolute atomic E-state index is 13.0. The fourth-order valence-corrected chi connectivity index (χ4v) is 6.82. The van der Waals surface area contributed by atoms with Crippen LogP contribution in [0.5, 0.6) is 11.5 Å². The molecule has 0 saturated carbocycles. The first-order chi connectivity index (χ1) is 18.4. The fourth-order valence-electron chi connectivity index (χ4n) is 4.51. The topological polar surface area (TPSA) is 116 Å². The van der Waals surface area contributed by atoms with Crippen molar-refractivity contribution in [2.24, 2.45) is 0 Å². The number of piperidine rings is 1. The highest BCUT2D eigenvalue weighted by atomic mass is 32.2. The minimum atomic E-state index is -3.56. The standard InChI is InChI=1S/C26H25N5O5S2/c1-17-13-24(28-25(32)18-5-8-20(9-6-18)38(33,34)30-11-3-2-4-12-30)31(29-17)26-27-21(15-37-26)19-7-10-22-23(14-19)36-16-35-22/h5-10,13-15H,2-4,11-12,16H2,1H3,(H,28,32). The Labute approximate surface area is 223 Å². The first-order valence-electron chi connectivity index (χ1n) is 12.2. The minimum absolute atomic E-state index is 0.190. The van der Waals surface area contributed by atoms with Gasteiger partial charge in [-0.3, -0.25) is 4.79 Å². The van der Waals surface area contributed by atoms with E-state index in [2.05, 4.69) is 10.4 Å². The number of carbonyl (C=O) groups excluding carboxylic acids is 1. The Morgan fingerprint density at radius 2 is 1.76 bits per heavy atom. The van der Waals surface area contributed by atoms with Gasteiger partial charge in [-0.25, -0.2) is 13.4 Å². The Hall–Kier alpha value is -3.74. The molecule has 0 unspecified atom stereocenters. The molecule has 196 valence electrons. The zero-order valence-electron chi connectivity index (χ0n) is 20.6. The van der Waals surface area contributed by atoms with Crippen molar-refractivity contribution in [1.82, 2.24) is 19.1 Å². The van der Waals surface area contributed by atoms with E-state index in [-0.39, 0.29) is 17.6 Å². The highest BCUT2D eigenvalue weighted by Crippen LogP contribution is 2.36. The van der Waals surface area contributed by atoms with Gasteiger partial charge < -0.3 is 14.8 Å². The van der Waals surface area contributed by atoms with Crippen molar-refractivity contribution in [3.05, 3.63) is 65.2 Å². The van der Waals surface area contributed by atoms with E-state index in [0.717, 1.165) is 30.5 Å². The Morgan fingerprint density at radius 3 is 2.55 bits per heavy atom. The van der Waals surface area contributed by atoms with Crippen LogP contribution in [0.3, 0.4) is 0 Å². The number of fused-ring (bicyclic) bond motifs is 1. The average Bonchev–Trinajstić information content (AvgIpc) is 3.68. The van der Waals surface area contributed by atoms with Crippen molar-refractivity contribution in [3.63, 3.8) is 0 Å². The molecule has 2 aliphatic heterocycles. The molecule has 0 atom stereocenters. The summed E-state index contributed by atoms with van der Waals surface area (Å²) in [7, 11) is -3.56. The van der Waals surface area contributed by atoms with Crippen LogP contribution in [-0.2, 0) is 10.0 Å². The zero-order chi connectivity index (χ0) is 26.3. The number of anilines is 1. The van der Waals surface area contributed by atoms with Crippen molar-refractivity contribution in [1.29, 1.82) is 0 Å². The molecule has 12 heteroatoms. The fraction of sp³-hybridized carbons (Fsp3) is 0.269. The van der Waals surface area contributed by atoms with Gasteiger partial charge in [-0.05, 0) is 62.2 Å². The van der Waals surface area contributed by atoms with Crippen LogP contribution in [0.4, 0.5) is 5.82 Å². The summed E-state index contributed by atoms with van der Waals surface area (Å²) in [6.45, 7) is 3.09. The summed E-state index contributed by atoms with van der Waals surface area (Å²) in [5.41, 5.74) is 2.68. The lowest BCUT2D eigenvalue weighted by atomic mass is 10.1. The molecule has 38 heavy (non-hydrogen) atoms. The third-order valence-electron chi connectivity index (χ3n) is 6.48. The van der Waals surface area contributed by atoms with Crippen LogP contribution in [0.15, 0.2) is 58.8 Å². The lowest BCUT2D eigenvalue weighted by molar-refractivity contribution is 0.102. The van der Waals surface area contributed by atoms with Crippen LogP contribution >= 0.6 is 11.3 Å². The molecule has 4 heterocycles. The third-order valence-corrected chi connectivity index (χ3v) is 9.21. The Bertz CT molecular complexity index is 1610. The molecule has 2 aromatic carbocycles. The van der Waals surface area contributed by atoms with Gasteiger partial charge in [-0.1, -0.05) is 6.42 Å². The number of sulfonamides is 1. The van der Waals surface area contributed by atoms with Gasteiger partial charge in [0.25, 0.3) is 5.91 Å². The number of hydrogen-bond acceptors (Lipinski definition) is 8. The van der Waals surface area contributed by atoms with Gasteiger partial charge in [0.2, 0.25) is 21.9 Å². The SMILES string of the molecule is Cc1cc(NC(=O)c2ccc(S(=O)(=O)N3CCCCC3)cc2)n(-c2nc(-c3ccc4c(c3)OCO4)cs2)n1. The molecular formula is C26H25N5O5S2. The van der Waals surface area contributed by atoms with Crippen LogP contribution in [0, 0.1) is 6.92 Å². The molecule has 1 amide bonds. The first kappa shape index (κ1) is 24.6. The molecule has 2 aromatic heterocycles. The molecule has 0 bridgehead atoms. The number of aryl methyl sites for hydroxylation is 1. The maximum Gasteiger partial charge on any atom is 0.256 e. The largest absolute Gasteiger partial charge is 0.454 e. The number of nitrogens with zero attached hydrogens (tertiary/aromatic N) is 4. The van der Waals surface area contributed by atoms with Crippen LogP contribution in [0.25, 0.3) is 16.4 Å². The number of aromatic nitrogens is 3. The molecule has 1 N–H and O–H groups in total. The summed E-state index contributed by atoms with van der Waals surface area (Å²) in [5.74, 6) is 1.47. The summed E-state index contributed by atoms with van der Waals surface area (Å²) in [6, 6.07) is 13.4. The molecule has 4 aromatic rings. The molecule has 6 rings (SSSR count). The molecule has 1 fully saturated rings. The highest BCUT2D eigenvalue weighted by molar-refractivity contribution is 7.89. The van der Waals surface area contributed by atoms with Crippen molar-refractivity contribution >= 4 is 33.1 Å². The van der Waals surface area contributed by atoms with E-state index in [4.69, 9.17) is 14.5 Å². The third kappa shape index (κ3) is 4.66. The van der Waals surface area contributed by atoms with Gasteiger partial charge in [-0.15, -0.1) is 11.3 Å². The molecule has 0 radical (unpaired) electrons. The van der Waals surface area contributed by atoms with Gasteiger partial charge in [0, 0.05) is 35.7 Å². The molecule has 2 aliphatic rings. The monoisotopic (exact) mass is 551 g/mol. The average molecular weight is 552 g/mol. The molecule has 10 nitrogen and oxygen atoms in total. The van der Waals surface area contributed by atoms with Gasteiger partial charge in [-0.2, -0.15) is 14.1 Å². The van der Waals surface area contributed by atoms with Gasteiger partial charge >= 0.3 is 0 Å². The second-order valence-corrected chi connectivity index (χ2v) is 11.9. The molecule has 0 spiro atoms. The number of hydrogen-bond donors (Lipinski definition) is 1. The van der Waals surface area contributed by atoms with E-state index in [1.807, 2.05) is 30.5 Å². The van der Waals surface area contributed by atoms with E-state index in [1.165, 1.54) is 39.9 Å². The van der Waals surface area contributed by atoms with Crippen molar-refractivity contribution in [2.75, 3.05) is 25.2 Å². The van der Waals surface area contributed by atoms with E-state index in [1.54, 1.807) is 10.7 Å². The highest BCUT2D eigenvalue weighted by Gasteiger charge is 2.26. The van der Waals surface area contributed by atoms with Crippen molar-refractivity contribution in [2.45, 2.75) is 31.1 Å².